The molecule has 4 rings (SSSR count). The molecule has 0 unspecified atom stereocenters. The van der Waals surface area contributed by atoms with Gasteiger partial charge < -0.3 is 14.5 Å². The SMILES string of the molecule is CN1CCN(S(=O)(=O)N2CCN(C(=O)c3ccccc3OCc3ccc(F)cc3)CC2)CC1. The summed E-state index contributed by atoms with van der Waals surface area (Å²) in [6.45, 7) is 3.77. The monoisotopic (exact) mass is 476 g/mol. The average molecular weight is 477 g/mol. The highest BCUT2D eigenvalue weighted by molar-refractivity contribution is 7.86. The third kappa shape index (κ3) is 5.52. The molecule has 0 atom stereocenters. The van der Waals surface area contributed by atoms with Crippen LogP contribution in [0.1, 0.15) is 15.9 Å². The Morgan fingerprint density at radius 1 is 0.879 bits per heavy atom. The Balaban J connectivity index is 1.37. The van der Waals surface area contributed by atoms with E-state index in [1.165, 1.54) is 20.7 Å². The number of ether oxygens (including phenoxy) is 1. The van der Waals surface area contributed by atoms with Gasteiger partial charge in [0.1, 0.15) is 18.2 Å². The number of nitrogens with zero attached hydrogens (tertiary/aromatic N) is 4. The fraction of sp³-hybridized carbons (Fsp3) is 0.435. The summed E-state index contributed by atoms with van der Waals surface area (Å²) in [4.78, 5) is 17.0. The van der Waals surface area contributed by atoms with Gasteiger partial charge in [-0.3, -0.25) is 4.79 Å². The normalized spacial score (nSPS) is 18.9. The van der Waals surface area contributed by atoms with Crippen molar-refractivity contribution in [1.82, 2.24) is 18.4 Å². The fourth-order valence-electron chi connectivity index (χ4n) is 3.99. The first kappa shape index (κ1) is 23.6. The number of carbonyl (C=O) groups excluding carboxylic acids is 1. The Bertz CT molecular complexity index is 1060. The maximum Gasteiger partial charge on any atom is 0.282 e. The molecule has 178 valence electrons. The molecule has 0 N–H and O–H groups in total. The van der Waals surface area contributed by atoms with Crippen LogP contribution in [0.15, 0.2) is 48.5 Å². The summed E-state index contributed by atoms with van der Waals surface area (Å²) in [5.41, 5.74) is 1.22. The molecule has 2 aliphatic rings. The summed E-state index contributed by atoms with van der Waals surface area (Å²) in [6.07, 6.45) is 0. The fourth-order valence-corrected chi connectivity index (χ4v) is 5.56. The van der Waals surface area contributed by atoms with E-state index in [0.717, 1.165) is 5.56 Å². The lowest BCUT2D eigenvalue weighted by Crippen LogP contribution is -2.57. The molecule has 33 heavy (non-hydrogen) atoms. The van der Waals surface area contributed by atoms with Crippen LogP contribution in [0.2, 0.25) is 0 Å². The molecule has 8 nitrogen and oxygen atoms in total. The quantitative estimate of drug-likeness (QED) is 0.634. The number of amides is 1. The lowest BCUT2D eigenvalue weighted by atomic mass is 10.1. The third-order valence-corrected chi connectivity index (χ3v) is 8.10. The Kier molecular flexibility index (Phi) is 7.28. The largest absolute Gasteiger partial charge is 0.488 e. The number of hydrogen-bond donors (Lipinski definition) is 0. The van der Waals surface area contributed by atoms with Gasteiger partial charge in [0.05, 0.1) is 5.56 Å². The summed E-state index contributed by atoms with van der Waals surface area (Å²) in [7, 11) is -1.54. The molecular weight excluding hydrogens is 447 g/mol. The molecule has 0 radical (unpaired) electrons. The average Bonchev–Trinajstić information content (AvgIpc) is 2.84. The van der Waals surface area contributed by atoms with Crippen molar-refractivity contribution in [3.05, 3.63) is 65.5 Å². The van der Waals surface area contributed by atoms with Crippen molar-refractivity contribution in [2.45, 2.75) is 6.61 Å². The summed E-state index contributed by atoms with van der Waals surface area (Å²) in [5, 5.41) is 0. The highest BCUT2D eigenvalue weighted by Crippen LogP contribution is 2.23. The first-order valence-corrected chi connectivity index (χ1v) is 12.4. The van der Waals surface area contributed by atoms with Gasteiger partial charge in [0.2, 0.25) is 0 Å². The number of likely N-dealkylation sites (N-methyl/N-ethyl adjacent to an activating group) is 1. The van der Waals surface area contributed by atoms with Gasteiger partial charge in [0.25, 0.3) is 16.1 Å². The summed E-state index contributed by atoms with van der Waals surface area (Å²) in [6, 6.07) is 13.0. The second-order valence-corrected chi connectivity index (χ2v) is 10.2. The second-order valence-electron chi connectivity index (χ2n) is 8.31. The summed E-state index contributed by atoms with van der Waals surface area (Å²) >= 11 is 0. The molecule has 2 aromatic rings. The molecule has 0 spiro atoms. The van der Waals surface area contributed by atoms with Crippen molar-refractivity contribution in [2.75, 3.05) is 59.4 Å². The molecule has 0 aliphatic carbocycles. The maximum absolute atomic E-state index is 13.2. The van der Waals surface area contributed by atoms with E-state index in [9.17, 15) is 17.6 Å². The van der Waals surface area contributed by atoms with Gasteiger partial charge in [-0.2, -0.15) is 17.0 Å². The van der Waals surface area contributed by atoms with Crippen LogP contribution in [0.5, 0.6) is 5.75 Å². The van der Waals surface area contributed by atoms with Crippen molar-refractivity contribution in [2.24, 2.45) is 0 Å². The van der Waals surface area contributed by atoms with Gasteiger partial charge in [-0.25, -0.2) is 4.39 Å². The number of hydrogen-bond acceptors (Lipinski definition) is 5. The van der Waals surface area contributed by atoms with E-state index in [1.807, 2.05) is 7.05 Å². The molecule has 2 saturated heterocycles. The molecule has 2 heterocycles. The Morgan fingerprint density at radius 2 is 1.45 bits per heavy atom. The minimum atomic E-state index is -3.52. The number of para-hydroxylation sites is 1. The molecule has 0 aromatic heterocycles. The zero-order valence-corrected chi connectivity index (χ0v) is 19.5. The standard InChI is InChI=1S/C23H29FN4O4S/c1-25-10-14-27(15-11-25)33(30,31)28-16-12-26(13-17-28)23(29)21-4-2-3-5-22(21)32-18-19-6-8-20(24)9-7-19/h2-9H,10-18H2,1H3. The predicted octanol–water partition coefficient (Wildman–Crippen LogP) is 1.65. The highest BCUT2D eigenvalue weighted by Gasteiger charge is 2.35. The summed E-state index contributed by atoms with van der Waals surface area (Å²) in [5.74, 6) is -0.0660. The van der Waals surface area contributed by atoms with Crippen molar-refractivity contribution >= 4 is 16.1 Å². The van der Waals surface area contributed by atoms with Gasteiger partial charge in [-0.15, -0.1) is 0 Å². The number of halogens is 1. The van der Waals surface area contributed by atoms with Gasteiger partial charge in [-0.05, 0) is 36.9 Å². The van der Waals surface area contributed by atoms with Gasteiger partial charge >= 0.3 is 0 Å². The number of rotatable bonds is 6. The van der Waals surface area contributed by atoms with Crippen molar-refractivity contribution in [1.29, 1.82) is 0 Å². The second kappa shape index (κ2) is 10.2. The van der Waals surface area contributed by atoms with Crippen LogP contribution in [-0.2, 0) is 16.8 Å². The summed E-state index contributed by atoms with van der Waals surface area (Å²) < 4.78 is 47.9. The topological polar surface area (TPSA) is 73.4 Å². The first-order valence-electron chi connectivity index (χ1n) is 11.0. The third-order valence-electron chi connectivity index (χ3n) is 6.07. The Hall–Kier alpha value is -2.53. The number of carbonyl (C=O) groups is 1. The van der Waals surface area contributed by atoms with Gasteiger partial charge in [0, 0.05) is 52.4 Å². The molecule has 10 heteroatoms. The molecule has 2 fully saturated rings. The van der Waals surface area contributed by atoms with E-state index in [2.05, 4.69) is 4.90 Å². The molecular formula is C23H29FN4O4S. The van der Waals surface area contributed by atoms with E-state index in [0.29, 0.717) is 50.6 Å². The lowest BCUT2D eigenvalue weighted by Gasteiger charge is -2.39. The molecule has 0 bridgehead atoms. The van der Waals surface area contributed by atoms with Crippen LogP contribution in [0.3, 0.4) is 0 Å². The van der Waals surface area contributed by atoms with Gasteiger partial charge in [-0.1, -0.05) is 24.3 Å². The highest BCUT2D eigenvalue weighted by atomic mass is 32.2. The van der Waals surface area contributed by atoms with Crippen LogP contribution in [0.4, 0.5) is 4.39 Å². The van der Waals surface area contributed by atoms with E-state index in [-0.39, 0.29) is 31.4 Å². The molecule has 2 aliphatic heterocycles. The van der Waals surface area contributed by atoms with Gasteiger partial charge in [0.15, 0.2) is 0 Å². The van der Waals surface area contributed by atoms with E-state index in [1.54, 1.807) is 41.3 Å². The van der Waals surface area contributed by atoms with Crippen LogP contribution in [0, 0.1) is 5.82 Å². The molecule has 2 aromatic carbocycles. The van der Waals surface area contributed by atoms with Crippen molar-refractivity contribution in [3.63, 3.8) is 0 Å². The van der Waals surface area contributed by atoms with Crippen LogP contribution in [0.25, 0.3) is 0 Å². The van der Waals surface area contributed by atoms with Crippen molar-refractivity contribution in [3.8, 4) is 5.75 Å². The molecule has 0 saturated carbocycles. The van der Waals surface area contributed by atoms with Crippen molar-refractivity contribution < 1.29 is 22.3 Å². The van der Waals surface area contributed by atoms with E-state index >= 15 is 0 Å². The molecule has 1 amide bonds. The zero-order chi connectivity index (χ0) is 23.4. The lowest BCUT2D eigenvalue weighted by molar-refractivity contribution is 0.0687. The Morgan fingerprint density at radius 3 is 2.09 bits per heavy atom. The number of benzene rings is 2. The minimum Gasteiger partial charge on any atom is -0.488 e. The number of piperazine rings is 2. The van der Waals surface area contributed by atoms with Crippen LogP contribution >= 0.6 is 0 Å². The predicted molar refractivity (Wildman–Crippen MR) is 123 cm³/mol. The smallest absolute Gasteiger partial charge is 0.282 e. The maximum atomic E-state index is 13.2. The van der Waals surface area contributed by atoms with E-state index in [4.69, 9.17) is 4.74 Å². The minimum absolute atomic E-state index is 0.193. The Labute approximate surface area is 194 Å². The van der Waals surface area contributed by atoms with Crippen LogP contribution in [-0.4, -0.2) is 92.1 Å². The van der Waals surface area contributed by atoms with Crippen LogP contribution < -0.4 is 4.74 Å². The first-order chi connectivity index (χ1) is 15.8. The zero-order valence-electron chi connectivity index (χ0n) is 18.7. The van der Waals surface area contributed by atoms with E-state index < -0.39 is 10.2 Å².